The number of hydrogen-bond donors (Lipinski definition) is 0. The normalized spacial score (nSPS) is 38.9. The molecule has 6 rings (SSSR count). The molecule has 22 heavy (non-hydrogen) atoms. The first-order chi connectivity index (χ1) is 10.9. The molecule has 0 heteroatoms. The van der Waals surface area contributed by atoms with Crippen LogP contribution in [0.25, 0.3) is 0 Å². The van der Waals surface area contributed by atoms with Crippen LogP contribution in [0.15, 0.2) is 94.2 Å². The van der Waals surface area contributed by atoms with Crippen LogP contribution in [0.3, 0.4) is 0 Å². The van der Waals surface area contributed by atoms with Gasteiger partial charge >= 0.3 is 0 Å². The van der Waals surface area contributed by atoms with Crippen molar-refractivity contribution in [3.63, 3.8) is 0 Å². The maximum atomic E-state index is 2.44. The number of rotatable bonds is 0. The molecule has 0 aliphatic heterocycles. The minimum absolute atomic E-state index is 0.544. The lowest BCUT2D eigenvalue weighted by Crippen LogP contribution is -2.36. The van der Waals surface area contributed by atoms with Gasteiger partial charge in [-0.2, -0.15) is 0 Å². The maximum Gasteiger partial charge on any atom is 0.0198 e. The largest absolute Gasteiger partial charge is 0.0767 e. The molecule has 0 nitrogen and oxygen atoms in total. The van der Waals surface area contributed by atoms with Crippen LogP contribution in [0.5, 0.6) is 0 Å². The predicted molar refractivity (Wildman–Crippen MR) is 90.0 cm³/mol. The molecule has 106 valence electrons. The molecular formula is C22H18. The zero-order valence-electron chi connectivity index (χ0n) is 12.5. The number of fused-ring (bicyclic) bond motifs is 2. The molecule has 0 aromatic heterocycles. The molecule has 0 amide bonds. The fourth-order valence-electron chi connectivity index (χ4n) is 5.52. The van der Waals surface area contributed by atoms with Crippen LogP contribution < -0.4 is 0 Å². The van der Waals surface area contributed by atoms with Crippen molar-refractivity contribution >= 4 is 0 Å². The van der Waals surface area contributed by atoms with Crippen LogP contribution in [0, 0.1) is 23.7 Å². The zero-order chi connectivity index (χ0) is 14.3. The summed E-state index contributed by atoms with van der Waals surface area (Å²) >= 11 is 0. The minimum Gasteiger partial charge on any atom is -0.0767 e. The van der Waals surface area contributed by atoms with E-state index in [2.05, 4.69) is 60.8 Å². The van der Waals surface area contributed by atoms with Gasteiger partial charge in [-0.3, -0.25) is 0 Å². The van der Waals surface area contributed by atoms with Crippen LogP contribution in [-0.4, -0.2) is 0 Å². The molecule has 0 N–H and O–H groups in total. The smallest absolute Gasteiger partial charge is 0.0198 e. The summed E-state index contributed by atoms with van der Waals surface area (Å²) in [6.45, 7) is 0. The van der Waals surface area contributed by atoms with Gasteiger partial charge in [0.25, 0.3) is 0 Å². The van der Waals surface area contributed by atoms with Crippen molar-refractivity contribution in [2.45, 2.75) is 12.8 Å². The van der Waals surface area contributed by atoms with Crippen LogP contribution in [0.2, 0.25) is 0 Å². The van der Waals surface area contributed by atoms with Crippen molar-refractivity contribution in [2.75, 3.05) is 0 Å². The summed E-state index contributed by atoms with van der Waals surface area (Å²) in [5, 5.41) is 0. The van der Waals surface area contributed by atoms with E-state index >= 15 is 0 Å². The van der Waals surface area contributed by atoms with Gasteiger partial charge in [0.1, 0.15) is 0 Å². The highest BCUT2D eigenvalue weighted by Gasteiger charge is 2.48. The summed E-state index contributed by atoms with van der Waals surface area (Å²) in [5.74, 6) is 2.35. The first-order valence-electron chi connectivity index (χ1n) is 8.50. The maximum absolute atomic E-state index is 2.44. The van der Waals surface area contributed by atoms with Gasteiger partial charge in [0.2, 0.25) is 0 Å². The third-order valence-electron chi connectivity index (χ3n) is 6.40. The molecule has 0 spiro atoms. The molecule has 0 radical (unpaired) electrons. The van der Waals surface area contributed by atoms with Crippen LogP contribution in [0.1, 0.15) is 12.8 Å². The molecule has 0 saturated heterocycles. The summed E-state index contributed by atoms with van der Waals surface area (Å²) in [7, 11) is 0. The van der Waals surface area contributed by atoms with Gasteiger partial charge in [-0.25, -0.2) is 0 Å². The van der Waals surface area contributed by atoms with E-state index in [4.69, 9.17) is 0 Å². The van der Waals surface area contributed by atoms with Crippen molar-refractivity contribution in [1.82, 2.24) is 0 Å². The summed E-state index contributed by atoms with van der Waals surface area (Å²) in [4.78, 5) is 0. The van der Waals surface area contributed by atoms with Gasteiger partial charge in [0.15, 0.2) is 0 Å². The number of hydrogen-bond acceptors (Lipinski definition) is 0. The first kappa shape index (κ1) is 11.5. The Morgan fingerprint density at radius 3 is 1.68 bits per heavy atom. The van der Waals surface area contributed by atoms with Crippen LogP contribution in [-0.2, 0) is 0 Å². The monoisotopic (exact) mass is 282 g/mol. The molecule has 0 heterocycles. The van der Waals surface area contributed by atoms with Gasteiger partial charge in [-0.05, 0) is 35.1 Å². The predicted octanol–water partition coefficient (Wildman–Crippen LogP) is 4.98. The Labute approximate surface area is 131 Å². The Kier molecular flexibility index (Phi) is 1.99. The Hall–Kier alpha value is -2.08. The lowest BCUT2D eigenvalue weighted by molar-refractivity contribution is 0.479. The average molecular weight is 282 g/mol. The zero-order valence-corrected chi connectivity index (χ0v) is 12.5. The summed E-state index contributed by atoms with van der Waals surface area (Å²) in [6.07, 6.45) is 26.3. The second-order valence-electron chi connectivity index (χ2n) is 7.25. The van der Waals surface area contributed by atoms with Crippen molar-refractivity contribution in [1.29, 1.82) is 0 Å². The molecule has 6 aliphatic carbocycles. The van der Waals surface area contributed by atoms with Gasteiger partial charge in [-0.1, -0.05) is 71.9 Å². The standard InChI is InChI=1S/C22H18/c1-3-13-4-2-6-17-19-12-10-15-8-7-14-9-11-18(22(19)20(14)15)16(5-1)21(13)17/h1-6,9-13,20-22H,7-8H2. The van der Waals surface area contributed by atoms with Gasteiger partial charge in [0, 0.05) is 23.7 Å². The highest BCUT2D eigenvalue weighted by atomic mass is 14.5. The van der Waals surface area contributed by atoms with Crippen molar-refractivity contribution in [2.24, 2.45) is 23.7 Å². The van der Waals surface area contributed by atoms with E-state index in [1.54, 1.807) is 33.4 Å². The topological polar surface area (TPSA) is 0 Å². The summed E-state index contributed by atoms with van der Waals surface area (Å²) in [6, 6.07) is 0. The average Bonchev–Trinajstić information content (AvgIpc) is 3.00. The molecule has 0 aromatic carbocycles. The van der Waals surface area contributed by atoms with Crippen molar-refractivity contribution < 1.29 is 0 Å². The third-order valence-corrected chi connectivity index (χ3v) is 6.40. The Balaban J connectivity index is 1.67. The van der Waals surface area contributed by atoms with Gasteiger partial charge in [-0.15, -0.1) is 0 Å². The molecule has 0 unspecified atom stereocenters. The van der Waals surface area contributed by atoms with E-state index in [0.717, 1.165) is 0 Å². The second kappa shape index (κ2) is 3.81. The number of allylic oxidation sites excluding steroid dienone is 16. The Morgan fingerprint density at radius 2 is 1.09 bits per heavy atom. The second-order valence-corrected chi connectivity index (χ2v) is 7.25. The van der Waals surface area contributed by atoms with E-state index in [1.165, 1.54) is 12.8 Å². The highest BCUT2D eigenvalue weighted by molar-refractivity contribution is 5.66. The molecule has 2 fully saturated rings. The Morgan fingerprint density at radius 1 is 0.545 bits per heavy atom. The SMILES string of the molecule is C1=CC2C=CC=C3C4=CC=C5CCC6=CC=C(C(=C1)C32)C4C65. The van der Waals surface area contributed by atoms with E-state index in [0.29, 0.717) is 23.7 Å². The van der Waals surface area contributed by atoms with E-state index in [1.807, 2.05) is 0 Å². The van der Waals surface area contributed by atoms with Gasteiger partial charge < -0.3 is 0 Å². The quantitative estimate of drug-likeness (QED) is 0.587. The van der Waals surface area contributed by atoms with E-state index in [9.17, 15) is 0 Å². The van der Waals surface area contributed by atoms with Crippen molar-refractivity contribution in [3.8, 4) is 0 Å². The molecule has 0 atom stereocenters. The lowest BCUT2D eigenvalue weighted by atomic mass is 9.56. The molecular weight excluding hydrogens is 264 g/mol. The van der Waals surface area contributed by atoms with Crippen LogP contribution in [0.4, 0.5) is 0 Å². The Bertz CT molecular complexity index is 776. The van der Waals surface area contributed by atoms with Crippen LogP contribution >= 0.6 is 0 Å². The molecule has 0 bridgehead atoms. The van der Waals surface area contributed by atoms with E-state index in [-0.39, 0.29) is 0 Å². The molecule has 2 saturated carbocycles. The highest BCUT2D eigenvalue weighted by Crippen LogP contribution is 2.60. The summed E-state index contributed by atoms with van der Waals surface area (Å²) < 4.78 is 0. The lowest BCUT2D eigenvalue weighted by Gasteiger charge is -2.47. The van der Waals surface area contributed by atoms with Crippen molar-refractivity contribution in [3.05, 3.63) is 94.2 Å². The minimum atomic E-state index is 0.544. The molecule has 0 aromatic rings. The fraction of sp³-hybridized carbons (Fsp3) is 0.273. The van der Waals surface area contributed by atoms with Gasteiger partial charge in [0.05, 0.1) is 0 Å². The third kappa shape index (κ3) is 1.22. The fourth-order valence-corrected chi connectivity index (χ4v) is 5.52. The molecule has 6 aliphatic rings. The first-order valence-corrected chi connectivity index (χ1v) is 8.50. The summed E-state index contributed by atoms with van der Waals surface area (Å²) in [5.41, 5.74) is 9.68. The van der Waals surface area contributed by atoms with E-state index < -0.39 is 0 Å².